The second-order valence-electron chi connectivity index (χ2n) is 12.8. The number of nitriles is 1. The van der Waals surface area contributed by atoms with Crippen LogP contribution in [0.25, 0.3) is 0 Å². The van der Waals surface area contributed by atoms with Crippen molar-refractivity contribution in [3.05, 3.63) is 58.6 Å². The molecule has 0 spiro atoms. The summed E-state index contributed by atoms with van der Waals surface area (Å²) in [5, 5.41) is 16.3. The van der Waals surface area contributed by atoms with Crippen molar-refractivity contribution in [2.75, 3.05) is 50.7 Å². The Bertz CT molecular complexity index is 1220. The molecule has 8 heteroatoms. The Morgan fingerprint density at radius 1 is 1.05 bits per heavy atom. The van der Waals surface area contributed by atoms with Crippen LogP contribution in [-0.2, 0) is 0 Å². The summed E-state index contributed by atoms with van der Waals surface area (Å²) in [5.41, 5.74) is 1.69. The molecule has 1 saturated carbocycles. The quantitative estimate of drug-likeness (QED) is 0.496. The number of piperazine rings is 1. The maximum Gasteiger partial charge on any atom is 0.251 e. The maximum atomic E-state index is 13.3. The van der Waals surface area contributed by atoms with E-state index < -0.39 is 0 Å². The van der Waals surface area contributed by atoms with Crippen molar-refractivity contribution in [3.63, 3.8) is 0 Å². The summed E-state index contributed by atoms with van der Waals surface area (Å²) in [7, 11) is 0. The van der Waals surface area contributed by atoms with Crippen molar-refractivity contribution in [1.82, 2.24) is 15.5 Å². The molecule has 0 aromatic heterocycles. The van der Waals surface area contributed by atoms with Gasteiger partial charge in [-0.2, -0.15) is 5.26 Å². The van der Waals surface area contributed by atoms with Crippen molar-refractivity contribution < 1.29 is 9.53 Å². The van der Waals surface area contributed by atoms with E-state index in [0.717, 1.165) is 32.1 Å². The van der Waals surface area contributed by atoms with Crippen LogP contribution in [0.5, 0.6) is 5.75 Å². The fraction of sp³-hybridized carbons (Fsp3) is 0.562. The molecule has 2 heterocycles. The van der Waals surface area contributed by atoms with Crippen molar-refractivity contribution in [1.29, 1.82) is 5.26 Å². The van der Waals surface area contributed by atoms with Gasteiger partial charge in [-0.05, 0) is 55.2 Å². The molecule has 3 aliphatic rings. The number of rotatable bonds is 7. The molecule has 3 fully saturated rings. The van der Waals surface area contributed by atoms with Crippen LogP contribution in [0.15, 0.2) is 42.5 Å². The molecule has 5 rings (SSSR count). The Labute approximate surface area is 243 Å². The Morgan fingerprint density at radius 2 is 1.70 bits per heavy atom. The zero-order valence-corrected chi connectivity index (χ0v) is 24.9. The molecule has 2 aromatic rings. The first-order chi connectivity index (χ1) is 19.1. The number of anilines is 1. The molecule has 40 heavy (non-hydrogen) atoms. The fourth-order valence-electron chi connectivity index (χ4n) is 7.27. The normalized spacial score (nSPS) is 24.6. The van der Waals surface area contributed by atoms with Gasteiger partial charge in [0.05, 0.1) is 10.6 Å². The Hall–Kier alpha value is -2.79. The smallest absolute Gasteiger partial charge is 0.251 e. The standard InChI is InChI=1S/C32H42ClN5O2/c1-31(2)29(32(3,4)30(31)40-26-10-7-24(20-34)27(33)19-26)36-28(39)23-5-8-25(9-6-23)38-15-11-22(12-16-38)21-37-17-13-35-14-18-37/h5-10,19,22,29-30,35H,11-18,21H2,1-4H3,(H,36,39). The third kappa shape index (κ3) is 5.81. The summed E-state index contributed by atoms with van der Waals surface area (Å²) in [5.74, 6) is 1.34. The van der Waals surface area contributed by atoms with E-state index in [9.17, 15) is 4.79 Å². The Morgan fingerprint density at radius 3 is 2.30 bits per heavy atom. The average molecular weight is 564 g/mol. The topological polar surface area (TPSA) is 80.6 Å². The molecule has 2 saturated heterocycles. The summed E-state index contributed by atoms with van der Waals surface area (Å²) >= 11 is 6.22. The van der Waals surface area contributed by atoms with Crippen LogP contribution in [0.2, 0.25) is 5.02 Å². The number of hydrogen-bond acceptors (Lipinski definition) is 6. The van der Waals surface area contributed by atoms with Crippen molar-refractivity contribution >= 4 is 23.2 Å². The zero-order valence-electron chi connectivity index (χ0n) is 24.2. The average Bonchev–Trinajstić information content (AvgIpc) is 2.95. The largest absolute Gasteiger partial charge is 0.489 e. The van der Waals surface area contributed by atoms with Gasteiger partial charge in [-0.3, -0.25) is 4.79 Å². The highest BCUT2D eigenvalue weighted by atomic mass is 35.5. The van der Waals surface area contributed by atoms with E-state index in [-0.39, 0.29) is 28.9 Å². The minimum absolute atomic E-state index is 0.0627. The van der Waals surface area contributed by atoms with Gasteiger partial charge in [0.1, 0.15) is 17.9 Å². The summed E-state index contributed by atoms with van der Waals surface area (Å²) in [4.78, 5) is 18.4. The molecule has 2 aromatic carbocycles. The number of carbonyl (C=O) groups is 1. The van der Waals surface area contributed by atoms with Gasteiger partial charge < -0.3 is 25.2 Å². The van der Waals surface area contributed by atoms with Crippen molar-refractivity contribution in [2.24, 2.45) is 16.7 Å². The van der Waals surface area contributed by atoms with Gasteiger partial charge in [-0.1, -0.05) is 39.3 Å². The minimum atomic E-state index is -0.297. The van der Waals surface area contributed by atoms with E-state index in [1.165, 1.54) is 38.2 Å². The molecule has 0 radical (unpaired) electrons. The van der Waals surface area contributed by atoms with Crippen LogP contribution in [0.3, 0.4) is 0 Å². The summed E-state index contributed by atoms with van der Waals surface area (Å²) in [6.07, 6.45) is 2.30. The van der Waals surface area contributed by atoms with Gasteiger partial charge in [0.15, 0.2) is 0 Å². The van der Waals surface area contributed by atoms with Crippen LogP contribution in [0.4, 0.5) is 5.69 Å². The molecule has 7 nitrogen and oxygen atoms in total. The SMILES string of the molecule is CC1(C)C(NC(=O)c2ccc(N3CCC(CN4CCNCC4)CC3)cc2)C(C)(C)C1Oc1ccc(C#N)c(Cl)c1. The molecular weight excluding hydrogens is 522 g/mol. The third-order valence-electron chi connectivity index (χ3n) is 9.27. The van der Waals surface area contributed by atoms with Crippen molar-refractivity contribution in [2.45, 2.75) is 52.7 Å². The monoisotopic (exact) mass is 563 g/mol. The van der Waals surface area contributed by atoms with E-state index in [0.29, 0.717) is 21.9 Å². The van der Waals surface area contributed by atoms with E-state index in [1.54, 1.807) is 18.2 Å². The number of ether oxygens (including phenoxy) is 1. The lowest BCUT2D eigenvalue weighted by molar-refractivity contribution is -0.164. The molecule has 0 atom stereocenters. The predicted octanol–water partition coefficient (Wildman–Crippen LogP) is 4.95. The zero-order chi connectivity index (χ0) is 28.5. The number of nitrogens with one attached hydrogen (secondary N) is 2. The lowest BCUT2D eigenvalue weighted by Gasteiger charge is -2.63. The first kappa shape index (κ1) is 28.7. The van der Waals surface area contributed by atoms with Crippen LogP contribution >= 0.6 is 11.6 Å². The molecule has 0 unspecified atom stereocenters. The number of benzene rings is 2. The van der Waals surface area contributed by atoms with Crippen LogP contribution in [0.1, 0.15) is 56.5 Å². The summed E-state index contributed by atoms with van der Waals surface area (Å²) < 4.78 is 6.36. The number of piperidine rings is 1. The van der Waals surface area contributed by atoms with Crippen LogP contribution < -0.4 is 20.3 Å². The van der Waals surface area contributed by atoms with E-state index >= 15 is 0 Å². The minimum Gasteiger partial charge on any atom is -0.489 e. The highest BCUT2D eigenvalue weighted by Crippen LogP contribution is 2.55. The van der Waals surface area contributed by atoms with E-state index in [2.05, 4.69) is 66.3 Å². The van der Waals surface area contributed by atoms with Crippen molar-refractivity contribution in [3.8, 4) is 11.8 Å². The number of hydrogen-bond donors (Lipinski definition) is 2. The molecule has 1 aliphatic carbocycles. The van der Waals surface area contributed by atoms with Gasteiger partial charge in [0, 0.05) is 80.0 Å². The van der Waals surface area contributed by atoms with Gasteiger partial charge >= 0.3 is 0 Å². The summed E-state index contributed by atoms with van der Waals surface area (Å²) in [6, 6.07) is 15.2. The molecule has 2 aliphatic heterocycles. The van der Waals surface area contributed by atoms with Gasteiger partial charge in [0.2, 0.25) is 0 Å². The number of carbonyl (C=O) groups excluding carboxylic acids is 1. The Balaban J connectivity index is 1.15. The molecule has 0 bridgehead atoms. The summed E-state index contributed by atoms with van der Waals surface area (Å²) in [6.45, 7) is 16.4. The molecule has 214 valence electrons. The number of halogens is 1. The predicted molar refractivity (Wildman–Crippen MR) is 160 cm³/mol. The van der Waals surface area contributed by atoms with Crippen LogP contribution in [-0.4, -0.2) is 68.8 Å². The highest BCUT2D eigenvalue weighted by molar-refractivity contribution is 6.31. The van der Waals surface area contributed by atoms with Gasteiger partial charge in [-0.15, -0.1) is 0 Å². The Kier molecular flexibility index (Phi) is 8.33. The van der Waals surface area contributed by atoms with Crippen LogP contribution in [0, 0.1) is 28.1 Å². The second kappa shape index (κ2) is 11.6. The lowest BCUT2D eigenvalue weighted by atomic mass is 9.49. The molecular formula is C32H42ClN5O2. The van der Waals surface area contributed by atoms with E-state index in [4.69, 9.17) is 21.6 Å². The lowest BCUT2D eigenvalue weighted by Crippen LogP contribution is -2.74. The number of nitrogens with zero attached hydrogens (tertiary/aromatic N) is 3. The molecule has 2 N–H and O–H groups in total. The fourth-order valence-corrected chi connectivity index (χ4v) is 7.48. The highest BCUT2D eigenvalue weighted by Gasteiger charge is 2.64. The maximum absolute atomic E-state index is 13.3. The first-order valence-corrected chi connectivity index (χ1v) is 14.9. The second-order valence-corrected chi connectivity index (χ2v) is 13.2. The third-order valence-corrected chi connectivity index (χ3v) is 9.58. The first-order valence-electron chi connectivity index (χ1n) is 14.5. The van der Waals surface area contributed by atoms with Gasteiger partial charge in [-0.25, -0.2) is 0 Å². The van der Waals surface area contributed by atoms with Gasteiger partial charge in [0.25, 0.3) is 5.91 Å². The number of amides is 1. The molecule has 1 amide bonds. The van der Waals surface area contributed by atoms with E-state index in [1.807, 2.05) is 12.1 Å².